The van der Waals surface area contributed by atoms with Gasteiger partial charge in [-0.3, -0.25) is 9.31 Å². The number of aromatic amines is 1. The number of rotatable bonds is 7. The van der Waals surface area contributed by atoms with Crippen LogP contribution in [0.2, 0.25) is 0 Å². The highest BCUT2D eigenvalue weighted by Gasteiger charge is 2.28. The van der Waals surface area contributed by atoms with Crippen molar-refractivity contribution in [1.82, 2.24) is 10.2 Å². The van der Waals surface area contributed by atoms with Crippen LogP contribution in [0.4, 0.5) is 4.39 Å². The fourth-order valence-corrected chi connectivity index (χ4v) is 5.52. The van der Waals surface area contributed by atoms with E-state index in [0.29, 0.717) is 16.8 Å². The molecule has 1 aromatic heterocycles. The van der Waals surface area contributed by atoms with Crippen molar-refractivity contribution in [2.45, 2.75) is 31.1 Å². The molecular weight excluding hydrogens is 487 g/mol. The minimum Gasteiger partial charge on any atom is -0.478 e. The summed E-state index contributed by atoms with van der Waals surface area (Å²) in [6.45, 7) is 2.04. The number of aromatic nitrogens is 2. The Morgan fingerprint density at radius 2 is 1.81 bits per heavy atom. The lowest BCUT2D eigenvalue weighted by molar-refractivity contribution is -0.131. The molecule has 5 rings (SSSR count). The number of halogens is 1. The van der Waals surface area contributed by atoms with Crippen molar-refractivity contribution in [1.29, 1.82) is 0 Å². The minimum atomic E-state index is -1.08. The van der Waals surface area contributed by atoms with E-state index in [4.69, 9.17) is 5.11 Å². The number of nitrogens with one attached hydrogen (secondary N) is 1. The van der Waals surface area contributed by atoms with Crippen molar-refractivity contribution >= 4 is 44.9 Å². The summed E-state index contributed by atoms with van der Waals surface area (Å²) < 4.78 is 26.6. The molecule has 1 fully saturated rings. The molecule has 5 nitrogen and oxygen atoms in total. The molecule has 1 saturated carbocycles. The van der Waals surface area contributed by atoms with Crippen LogP contribution in [0.3, 0.4) is 0 Å². The average molecular weight is 515 g/mol. The first-order valence-electron chi connectivity index (χ1n) is 12.2. The van der Waals surface area contributed by atoms with Gasteiger partial charge in [-0.2, -0.15) is 9.49 Å². The third kappa shape index (κ3) is 5.04. The molecule has 1 heterocycles. The first kappa shape index (κ1) is 24.8. The van der Waals surface area contributed by atoms with Gasteiger partial charge in [-0.05, 0) is 95.0 Å². The molecular formula is C30H27FN2O3S. The van der Waals surface area contributed by atoms with Crippen molar-refractivity contribution in [3.63, 3.8) is 0 Å². The van der Waals surface area contributed by atoms with Gasteiger partial charge < -0.3 is 5.11 Å². The van der Waals surface area contributed by atoms with Crippen molar-refractivity contribution in [2.24, 2.45) is 5.92 Å². The van der Waals surface area contributed by atoms with Gasteiger partial charge in [0.05, 0.1) is 10.9 Å². The van der Waals surface area contributed by atoms with Crippen molar-refractivity contribution in [3.05, 3.63) is 101 Å². The standard InChI is InChI=1S/C30H27FN2O3S/c1-18-16-23(37(2)36)12-13-24(18)29(20-4-3-5-20)28(21-9-6-19(7-10-21)8-15-27(34)35)22-11-14-26-25(17-22)30(31)33-32-26/h6-17,20H,3-5H2,1-2H3,(H,32,33)(H,34,35)/b15-8+,29-28+. The first-order chi connectivity index (χ1) is 17.8. The molecule has 0 aliphatic heterocycles. The monoisotopic (exact) mass is 514 g/mol. The van der Waals surface area contributed by atoms with E-state index in [2.05, 4.69) is 16.3 Å². The number of H-pyrrole nitrogens is 1. The van der Waals surface area contributed by atoms with Crippen LogP contribution in [-0.2, 0) is 15.6 Å². The van der Waals surface area contributed by atoms with E-state index in [1.54, 1.807) is 12.3 Å². The minimum absolute atomic E-state index is 0.336. The quantitative estimate of drug-likeness (QED) is 0.215. The Labute approximate surface area is 217 Å². The van der Waals surface area contributed by atoms with Crippen LogP contribution in [-0.4, -0.2) is 31.7 Å². The fourth-order valence-electron chi connectivity index (χ4n) is 4.91. The molecule has 0 spiro atoms. The predicted molar refractivity (Wildman–Crippen MR) is 146 cm³/mol. The Hall–Kier alpha value is -3.84. The van der Waals surface area contributed by atoms with Gasteiger partial charge >= 0.3 is 5.97 Å². The number of fused-ring (bicyclic) bond motifs is 1. The summed E-state index contributed by atoms with van der Waals surface area (Å²) >= 11 is 0. The Morgan fingerprint density at radius 3 is 2.43 bits per heavy atom. The van der Waals surface area contributed by atoms with E-state index >= 15 is 0 Å². The number of nitrogens with zero attached hydrogens (tertiary/aromatic N) is 1. The topological polar surface area (TPSA) is 83.1 Å². The van der Waals surface area contributed by atoms with Crippen molar-refractivity contribution < 1.29 is 18.5 Å². The third-order valence-electron chi connectivity index (χ3n) is 7.02. The Kier molecular flexibility index (Phi) is 6.89. The molecule has 37 heavy (non-hydrogen) atoms. The average Bonchev–Trinajstić information content (AvgIpc) is 3.22. The molecule has 0 radical (unpaired) electrons. The highest BCUT2D eigenvalue weighted by molar-refractivity contribution is 7.84. The number of carboxylic acid groups (broad SMARTS) is 1. The van der Waals surface area contributed by atoms with Crippen LogP contribution < -0.4 is 0 Å². The van der Waals surface area contributed by atoms with Crippen LogP contribution in [0.1, 0.15) is 47.1 Å². The summed E-state index contributed by atoms with van der Waals surface area (Å²) in [5.41, 5.74) is 7.51. The number of allylic oxidation sites excluding steroid dienone is 1. The molecule has 1 aliphatic rings. The number of aryl methyl sites for hydroxylation is 1. The number of benzene rings is 3. The van der Waals surface area contributed by atoms with Crippen LogP contribution in [0.5, 0.6) is 0 Å². The first-order valence-corrected chi connectivity index (χ1v) is 13.7. The second-order valence-corrected chi connectivity index (χ2v) is 10.8. The molecule has 1 aliphatic carbocycles. The summed E-state index contributed by atoms with van der Waals surface area (Å²) in [6, 6.07) is 19.3. The molecule has 1 unspecified atom stereocenters. The van der Waals surface area contributed by atoms with Gasteiger partial charge in [0, 0.05) is 28.0 Å². The zero-order chi connectivity index (χ0) is 26.1. The van der Waals surface area contributed by atoms with Gasteiger partial charge in [-0.1, -0.05) is 42.8 Å². The lowest BCUT2D eigenvalue weighted by Crippen LogP contribution is -2.16. The second-order valence-electron chi connectivity index (χ2n) is 9.41. The fraction of sp³-hybridized carbons (Fsp3) is 0.200. The van der Waals surface area contributed by atoms with Crippen LogP contribution in [0.15, 0.2) is 71.6 Å². The molecule has 0 bridgehead atoms. The lowest BCUT2D eigenvalue weighted by Gasteiger charge is -2.32. The van der Waals surface area contributed by atoms with Gasteiger partial charge in [0.15, 0.2) is 0 Å². The van der Waals surface area contributed by atoms with E-state index in [9.17, 15) is 13.4 Å². The summed E-state index contributed by atoms with van der Waals surface area (Å²) in [5.74, 6) is -1.14. The van der Waals surface area contributed by atoms with Crippen LogP contribution in [0, 0.1) is 18.8 Å². The van der Waals surface area contributed by atoms with Crippen molar-refractivity contribution in [2.75, 3.05) is 6.26 Å². The Bertz CT molecular complexity index is 1580. The zero-order valence-corrected chi connectivity index (χ0v) is 21.4. The van der Waals surface area contributed by atoms with E-state index < -0.39 is 22.7 Å². The molecule has 7 heteroatoms. The summed E-state index contributed by atoms with van der Waals surface area (Å²) in [4.78, 5) is 11.7. The highest BCUT2D eigenvalue weighted by Crippen LogP contribution is 2.46. The predicted octanol–water partition coefficient (Wildman–Crippen LogP) is 6.60. The molecule has 2 N–H and O–H groups in total. The van der Waals surface area contributed by atoms with Gasteiger partial charge in [0.1, 0.15) is 0 Å². The maximum absolute atomic E-state index is 14.5. The number of carboxylic acids is 1. The highest BCUT2D eigenvalue weighted by atomic mass is 32.2. The molecule has 0 amide bonds. The maximum Gasteiger partial charge on any atom is 0.328 e. The number of carbonyl (C=O) groups is 1. The summed E-state index contributed by atoms with van der Waals surface area (Å²) in [7, 11) is -1.08. The van der Waals surface area contributed by atoms with Crippen LogP contribution >= 0.6 is 0 Å². The Balaban J connectivity index is 1.76. The van der Waals surface area contributed by atoms with E-state index in [-0.39, 0.29) is 0 Å². The Morgan fingerprint density at radius 1 is 1.08 bits per heavy atom. The zero-order valence-electron chi connectivity index (χ0n) is 20.6. The number of aliphatic carboxylic acids is 1. The smallest absolute Gasteiger partial charge is 0.328 e. The summed E-state index contributed by atoms with van der Waals surface area (Å²) in [6.07, 6.45) is 7.61. The van der Waals surface area contributed by atoms with E-state index in [1.807, 2.05) is 61.5 Å². The largest absolute Gasteiger partial charge is 0.478 e. The number of hydrogen-bond donors (Lipinski definition) is 2. The third-order valence-corrected chi connectivity index (χ3v) is 7.93. The van der Waals surface area contributed by atoms with Gasteiger partial charge in [0.25, 0.3) is 0 Å². The molecule has 1 atom stereocenters. The molecule has 0 saturated heterocycles. The normalized spacial score (nSPS) is 15.5. The second kappa shape index (κ2) is 10.3. The van der Waals surface area contributed by atoms with E-state index in [0.717, 1.165) is 63.6 Å². The SMILES string of the molecule is Cc1cc(S(C)=O)ccc1/C(=C(\c1ccc(/C=C/C(=O)O)cc1)c1ccc2n[nH]c(F)c2c1)C1CCC1. The van der Waals surface area contributed by atoms with Crippen molar-refractivity contribution in [3.8, 4) is 0 Å². The van der Waals surface area contributed by atoms with Crippen LogP contribution in [0.25, 0.3) is 28.1 Å². The molecule has 4 aromatic rings. The lowest BCUT2D eigenvalue weighted by atomic mass is 9.72. The van der Waals surface area contributed by atoms with E-state index in [1.165, 1.54) is 5.57 Å². The van der Waals surface area contributed by atoms with Gasteiger partial charge in [0.2, 0.25) is 5.95 Å². The molecule has 188 valence electrons. The molecule has 3 aromatic carbocycles. The van der Waals surface area contributed by atoms with Gasteiger partial charge in [-0.15, -0.1) is 0 Å². The van der Waals surface area contributed by atoms with Gasteiger partial charge in [-0.25, -0.2) is 4.79 Å². The number of hydrogen-bond acceptors (Lipinski definition) is 3. The maximum atomic E-state index is 14.5. The summed E-state index contributed by atoms with van der Waals surface area (Å²) in [5, 5.41) is 15.9.